The van der Waals surface area contributed by atoms with Crippen LogP contribution in [-0.4, -0.2) is 36.5 Å². The SMILES string of the molecule is CCOc1ccccc1CCC(=O)N1CCC(C)CC1CN.Cl. The average Bonchev–Trinajstić information content (AvgIpc) is 2.54. The molecule has 1 heterocycles. The molecule has 0 aromatic heterocycles. The van der Waals surface area contributed by atoms with E-state index in [2.05, 4.69) is 6.92 Å². The molecule has 0 aliphatic carbocycles. The maximum atomic E-state index is 12.5. The van der Waals surface area contributed by atoms with Crippen LogP contribution >= 0.6 is 12.4 Å². The third kappa shape index (κ3) is 5.40. The van der Waals surface area contributed by atoms with E-state index in [4.69, 9.17) is 10.5 Å². The molecule has 2 unspecified atom stereocenters. The molecule has 0 saturated carbocycles. The molecule has 2 atom stereocenters. The molecule has 130 valence electrons. The summed E-state index contributed by atoms with van der Waals surface area (Å²) in [6, 6.07) is 8.17. The van der Waals surface area contributed by atoms with Crippen LogP contribution in [0.2, 0.25) is 0 Å². The van der Waals surface area contributed by atoms with Crippen molar-refractivity contribution in [1.82, 2.24) is 4.90 Å². The molecule has 1 aliphatic heterocycles. The summed E-state index contributed by atoms with van der Waals surface area (Å²) in [6.07, 6.45) is 3.35. The van der Waals surface area contributed by atoms with Crippen molar-refractivity contribution in [2.45, 2.75) is 45.6 Å². The van der Waals surface area contributed by atoms with Crippen molar-refractivity contribution in [2.24, 2.45) is 11.7 Å². The first-order chi connectivity index (χ1) is 10.7. The Hall–Kier alpha value is -1.26. The summed E-state index contributed by atoms with van der Waals surface area (Å²) >= 11 is 0. The fourth-order valence-corrected chi connectivity index (χ4v) is 3.20. The Morgan fingerprint density at radius 3 is 2.83 bits per heavy atom. The van der Waals surface area contributed by atoms with Gasteiger partial charge in [-0.1, -0.05) is 25.1 Å². The molecule has 1 aromatic rings. The van der Waals surface area contributed by atoms with E-state index in [1.165, 1.54) is 0 Å². The lowest BCUT2D eigenvalue weighted by Gasteiger charge is -2.38. The summed E-state index contributed by atoms with van der Waals surface area (Å²) in [4.78, 5) is 14.5. The molecular weight excluding hydrogens is 312 g/mol. The van der Waals surface area contributed by atoms with Crippen LogP contribution in [0.15, 0.2) is 24.3 Å². The number of hydrogen-bond acceptors (Lipinski definition) is 3. The van der Waals surface area contributed by atoms with E-state index in [0.29, 0.717) is 25.5 Å². The molecule has 0 bridgehead atoms. The molecule has 4 nitrogen and oxygen atoms in total. The number of likely N-dealkylation sites (tertiary alicyclic amines) is 1. The normalized spacial score (nSPS) is 20.7. The van der Waals surface area contributed by atoms with Crippen LogP contribution in [0, 0.1) is 5.92 Å². The summed E-state index contributed by atoms with van der Waals surface area (Å²) in [6.45, 7) is 6.26. The Balaban J connectivity index is 0.00000264. The largest absolute Gasteiger partial charge is 0.494 e. The summed E-state index contributed by atoms with van der Waals surface area (Å²) in [5, 5.41) is 0. The predicted octanol–water partition coefficient (Wildman–Crippen LogP) is 3.03. The smallest absolute Gasteiger partial charge is 0.223 e. The number of rotatable bonds is 6. The van der Waals surface area contributed by atoms with Crippen LogP contribution in [0.5, 0.6) is 5.75 Å². The number of piperidine rings is 1. The van der Waals surface area contributed by atoms with Crippen LogP contribution < -0.4 is 10.5 Å². The van der Waals surface area contributed by atoms with Gasteiger partial charge < -0.3 is 15.4 Å². The maximum absolute atomic E-state index is 12.5. The second-order valence-electron chi connectivity index (χ2n) is 6.15. The molecule has 2 rings (SSSR count). The van der Waals surface area contributed by atoms with Gasteiger partial charge in [0.15, 0.2) is 0 Å². The van der Waals surface area contributed by atoms with E-state index < -0.39 is 0 Å². The van der Waals surface area contributed by atoms with E-state index in [1.807, 2.05) is 36.1 Å². The molecule has 5 heteroatoms. The van der Waals surface area contributed by atoms with E-state index in [0.717, 1.165) is 37.1 Å². The Morgan fingerprint density at radius 1 is 1.39 bits per heavy atom. The zero-order valence-electron chi connectivity index (χ0n) is 14.2. The number of benzene rings is 1. The summed E-state index contributed by atoms with van der Waals surface area (Å²) in [7, 11) is 0. The van der Waals surface area contributed by atoms with Gasteiger partial charge in [-0.05, 0) is 43.7 Å². The lowest BCUT2D eigenvalue weighted by molar-refractivity contribution is -0.135. The van der Waals surface area contributed by atoms with E-state index in [-0.39, 0.29) is 24.4 Å². The van der Waals surface area contributed by atoms with Crippen LogP contribution in [0.1, 0.15) is 38.7 Å². The van der Waals surface area contributed by atoms with Crippen LogP contribution in [-0.2, 0) is 11.2 Å². The number of amides is 1. The number of halogens is 1. The number of ether oxygens (including phenoxy) is 1. The number of nitrogens with zero attached hydrogens (tertiary/aromatic N) is 1. The van der Waals surface area contributed by atoms with Gasteiger partial charge in [0, 0.05) is 25.6 Å². The van der Waals surface area contributed by atoms with E-state index in [1.54, 1.807) is 0 Å². The van der Waals surface area contributed by atoms with E-state index in [9.17, 15) is 4.79 Å². The number of carbonyl (C=O) groups excluding carboxylic acids is 1. The van der Waals surface area contributed by atoms with Crippen molar-refractivity contribution < 1.29 is 9.53 Å². The van der Waals surface area contributed by atoms with Gasteiger partial charge >= 0.3 is 0 Å². The fraction of sp³-hybridized carbons (Fsp3) is 0.611. The highest BCUT2D eigenvalue weighted by Crippen LogP contribution is 2.24. The lowest BCUT2D eigenvalue weighted by Crippen LogP contribution is -2.49. The highest BCUT2D eigenvalue weighted by atomic mass is 35.5. The predicted molar refractivity (Wildman–Crippen MR) is 96.1 cm³/mol. The summed E-state index contributed by atoms with van der Waals surface area (Å²) < 4.78 is 5.63. The van der Waals surface area contributed by atoms with Crippen LogP contribution in [0.3, 0.4) is 0 Å². The zero-order chi connectivity index (χ0) is 15.9. The van der Waals surface area contributed by atoms with Crippen LogP contribution in [0.4, 0.5) is 0 Å². The lowest BCUT2D eigenvalue weighted by atomic mass is 9.92. The average molecular weight is 341 g/mol. The Morgan fingerprint density at radius 2 is 2.13 bits per heavy atom. The highest BCUT2D eigenvalue weighted by molar-refractivity contribution is 5.85. The molecule has 1 amide bonds. The second-order valence-corrected chi connectivity index (χ2v) is 6.15. The standard InChI is InChI=1S/C18H28N2O2.ClH/c1-3-22-17-7-5-4-6-15(17)8-9-18(21)20-11-10-14(2)12-16(20)13-19;/h4-7,14,16H,3,8-13,19H2,1-2H3;1H. The highest BCUT2D eigenvalue weighted by Gasteiger charge is 2.28. The molecule has 23 heavy (non-hydrogen) atoms. The molecule has 0 radical (unpaired) electrons. The minimum Gasteiger partial charge on any atom is -0.494 e. The van der Waals surface area contributed by atoms with E-state index >= 15 is 0 Å². The van der Waals surface area contributed by atoms with Crippen molar-refractivity contribution in [1.29, 1.82) is 0 Å². The van der Waals surface area contributed by atoms with Gasteiger partial charge in [-0.15, -0.1) is 12.4 Å². The first-order valence-corrected chi connectivity index (χ1v) is 8.36. The first kappa shape index (κ1) is 19.8. The Bertz CT molecular complexity index is 496. The van der Waals surface area contributed by atoms with Crippen molar-refractivity contribution in [3.8, 4) is 5.75 Å². The number of para-hydroxylation sites is 1. The second kappa shape index (κ2) is 9.78. The van der Waals surface area contributed by atoms with Crippen molar-refractivity contribution >= 4 is 18.3 Å². The quantitative estimate of drug-likeness (QED) is 0.866. The van der Waals surface area contributed by atoms with Gasteiger partial charge in [0.1, 0.15) is 5.75 Å². The topological polar surface area (TPSA) is 55.6 Å². The van der Waals surface area contributed by atoms with Crippen molar-refractivity contribution in [3.05, 3.63) is 29.8 Å². The fourth-order valence-electron chi connectivity index (χ4n) is 3.20. The summed E-state index contributed by atoms with van der Waals surface area (Å²) in [5.41, 5.74) is 6.95. The number of aryl methyl sites for hydroxylation is 1. The van der Waals surface area contributed by atoms with Gasteiger partial charge in [-0.25, -0.2) is 0 Å². The van der Waals surface area contributed by atoms with Crippen molar-refractivity contribution in [2.75, 3.05) is 19.7 Å². The Kier molecular flexibility index (Phi) is 8.42. The summed E-state index contributed by atoms with van der Waals surface area (Å²) in [5.74, 6) is 1.77. The van der Waals surface area contributed by atoms with Gasteiger partial charge in [0.2, 0.25) is 5.91 Å². The molecular formula is C18H29ClN2O2. The molecule has 1 saturated heterocycles. The third-order valence-electron chi connectivity index (χ3n) is 4.45. The monoisotopic (exact) mass is 340 g/mol. The zero-order valence-corrected chi connectivity index (χ0v) is 15.0. The van der Waals surface area contributed by atoms with Gasteiger partial charge in [0.25, 0.3) is 0 Å². The number of hydrogen-bond donors (Lipinski definition) is 1. The molecule has 2 N–H and O–H groups in total. The van der Waals surface area contributed by atoms with Crippen molar-refractivity contribution in [3.63, 3.8) is 0 Å². The Labute approximate surface area is 145 Å². The number of nitrogens with two attached hydrogens (primary N) is 1. The first-order valence-electron chi connectivity index (χ1n) is 8.36. The van der Waals surface area contributed by atoms with Gasteiger partial charge in [-0.3, -0.25) is 4.79 Å². The number of carbonyl (C=O) groups is 1. The molecule has 1 aromatic carbocycles. The minimum absolute atomic E-state index is 0. The maximum Gasteiger partial charge on any atom is 0.223 e. The van der Waals surface area contributed by atoms with Gasteiger partial charge in [-0.2, -0.15) is 0 Å². The van der Waals surface area contributed by atoms with Crippen LogP contribution in [0.25, 0.3) is 0 Å². The molecule has 1 aliphatic rings. The molecule has 0 spiro atoms. The third-order valence-corrected chi connectivity index (χ3v) is 4.45. The minimum atomic E-state index is 0. The molecule has 1 fully saturated rings. The van der Waals surface area contributed by atoms with Gasteiger partial charge in [0.05, 0.1) is 6.61 Å².